The van der Waals surface area contributed by atoms with Crippen molar-refractivity contribution in [1.29, 1.82) is 0 Å². The summed E-state index contributed by atoms with van der Waals surface area (Å²) >= 11 is 0. The van der Waals surface area contributed by atoms with Gasteiger partial charge in [-0.1, -0.05) is 60.7 Å². The Kier molecular flexibility index (Phi) is 3.13. The molecule has 0 amide bonds. The Balaban J connectivity index is 2.32. The molecule has 0 unspecified atom stereocenters. The van der Waals surface area contributed by atoms with Crippen LogP contribution in [0.4, 0.5) is 11.4 Å². The molecule has 98 valence electrons. The molecule has 0 saturated carbocycles. The Morgan fingerprint density at radius 1 is 0.450 bits per heavy atom. The Bertz CT molecular complexity index is 655. The molecule has 3 aromatic carbocycles. The normalized spacial score (nSPS) is 10.4. The molecule has 0 heterocycles. The first-order chi connectivity index (χ1) is 9.77. The highest BCUT2D eigenvalue weighted by atomic mass is 14.6. The number of hydrogen-bond donors (Lipinski definition) is 2. The first-order valence-electron chi connectivity index (χ1n) is 6.56. The molecular formula is C18H16N2. The van der Waals surface area contributed by atoms with E-state index in [1.54, 1.807) is 0 Å². The summed E-state index contributed by atoms with van der Waals surface area (Å²) < 4.78 is 0. The van der Waals surface area contributed by atoms with E-state index in [4.69, 9.17) is 11.5 Å². The molecule has 0 saturated heterocycles. The second kappa shape index (κ2) is 5.10. The summed E-state index contributed by atoms with van der Waals surface area (Å²) in [6.07, 6.45) is 0. The number of benzene rings is 3. The standard InChI is InChI=1S/C18H16N2/c19-15-11-12-16(20)18(14-9-5-2-6-10-14)17(15)13-7-3-1-4-8-13/h1-12H,19-20H2. The van der Waals surface area contributed by atoms with Crippen LogP contribution in [0.5, 0.6) is 0 Å². The van der Waals surface area contributed by atoms with Gasteiger partial charge >= 0.3 is 0 Å². The second-order valence-corrected chi connectivity index (χ2v) is 4.73. The van der Waals surface area contributed by atoms with E-state index in [0.717, 1.165) is 33.6 Å². The molecule has 0 aliphatic carbocycles. The van der Waals surface area contributed by atoms with Gasteiger partial charge in [0.1, 0.15) is 0 Å². The SMILES string of the molecule is Nc1ccc(N)c(-c2ccccc2)c1-c1ccccc1. The minimum Gasteiger partial charge on any atom is -0.398 e. The van der Waals surface area contributed by atoms with Crippen LogP contribution in [-0.2, 0) is 0 Å². The van der Waals surface area contributed by atoms with Crippen molar-refractivity contribution in [2.75, 3.05) is 11.5 Å². The molecule has 0 aliphatic rings. The summed E-state index contributed by atoms with van der Waals surface area (Å²) in [6, 6.07) is 24.0. The molecule has 0 atom stereocenters. The average Bonchev–Trinajstić information content (AvgIpc) is 2.51. The highest BCUT2D eigenvalue weighted by molar-refractivity contribution is 5.97. The summed E-state index contributed by atoms with van der Waals surface area (Å²) in [5.74, 6) is 0. The van der Waals surface area contributed by atoms with Gasteiger partial charge in [-0.25, -0.2) is 0 Å². The lowest BCUT2D eigenvalue weighted by Gasteiger charge is -2.15. The van der Waals surface area contributed by atoms with Crippen LogP contribution < -0.4 is 11.5 Å². The molecule has 4 N–H and O–H groups in total. The summed E-state index contributed by atoms with van der Waals surface area (Å²) in [6.45, 7) is 0. The summed E-state index contributed by atoms with van der Waals surface area (Å²) in [5.41, 5.74) is 18.0. The number of nitrogens with two attached hydrogens (primary N) is 2. The van der Waals surface area contributed by atoms with Crippen molar-refractivity contribution in [2.24, 2.45) is 0 Å². The Labute approximate surface area is 118 Å². The van der Waals surface area contributed by atoms with Crippen molar-refractivity contribution in [3.05, 3.63) is 72.8 Å². The van der Waals surface area contributed by atoms with Gasteiger partial charge in [-0.2, -0.15) is 0 Å². The fourth-order valence-corrected chi connectivity index (χ4v) is 2.47. The highest BCUT2D eigenvalue weighted by Gasteiger charge is 2.13. The van der Waals surface area contributed by atoms with E-state index in [2.05, 4.69) is 24.3 Å². The summed E-state index contributed by atoms with van der Waals surface area (Å²) in [7, 11) is 0. The van der Waals surface area contributed by atoms with E-state index < -0.39 is 0 Å². The quantitative estimate of drug-likeness (QED) is 0.679. The van der Waals surface area contributed by atoms with Gasteiger partial charge in [-0.3, -0.25) is 0 Å². The van der Waals surface area contributed by atoms with Crippen LogP contribution in [0.2, 0.25) is 0 Å². The molecule has 20 heavy (non-hydrogen) atoms. The van der Waals surface area contributed by atoms with E-state index in [1.807, 2.05) is 48.5 Å². The van der Waals surface area contributed by atoms with Gasteiger partial charge in [0.15, 0.2) is 0 Å². The fourth-order valence-electron chi connectivity index (χ4n) is 2.47. The van der Waals surface area contributed by atoms with Crippen molar-refractivity contribution in [3.8, 4) is 22.3 Å². The van der Waals surface area contributed by atoms with Crippen LogP contribution in [0.3, 0.4) is 0 Å². The van der Waals surface area contributed by atoms with Crippen LogP contribution in [-0.4, -0.2) is 0 Å². The molecule has 0 spiro atoms. The van der Waals surface area contributed by atoms with Gasteiger partial charge in [-0.15, -0.1) is 0 Å². The van der Waals surface area contributed by atoms with E-state index >= 15 is 0 Å². The topological polar surface area (TPSA) is 52.0 Å². The maximum Gasteiger partial charge on any atom is 0.0401 e. The van der Waals surface area contributed by atoms with E-state index in [-0.39, 0.29) is 0 Å². The molecule has 0 bridgehead atoms. The van der Waals surface area contributed by atoms with Crippen molar-refractivity contribution in [2.45, 2.75) is 0 Å². The minimum absolute atomic E-state index is 0.740. The van der Waals surface area contributed by atoms with Gasteiger partial charge in [0.05, 0.1) is 0 Å². The lowest BCUT2D eigenvalue weighted by atomic mass is 9.92. The maximum atomic E-state index is 6.20. The Morgan fingerprint density at radius 2 is 0.800 bits per heavy atom. The van der Waals surface area contributed by atoms with Crippen LogP contribution in [0.15, 0.2) is 72.8 Å². The third kappa shape index (κ3) is 2.12. The number of anilines is 2. The highest BCUT2D eigenvalue weighted by Crippen LogP contribution is 2.40. The number of hydrogen-bond acceptors (Lipinski definition) is 2. The molecule has 0 aliphatic heterocycles. The predicted molar refractivity (Wildman–Crippen MR) is 86.1 cm³/mol. The van der Waals surface area contributed by atoms with Gasteiger partial charge in [0.2, 0.25) is 0 Å². The summed E-state index contributed by atoms with van der Waals surface area (Å²) in [4.78, 5) is 0. The first kappa shape index (κ1) is 12.3. The largest absolute Gasteiger partial charge is 0.398 e. The van der Waals surface area contributed by atoms with Crippen molar-refractivity contribution >= 4 is 11.4 Å². The van der Waals surface area contributed by atoms with Gasteiger partial charge < -0.3 is 11.5 Å². The van der Waals surface area contributed by atoms with Crippen molar-refractivity contribution in [3.63, 3.8) is 0 Å². The molecule has 0 radical (unpaired) electrons. The zero-order valence-corrected chi connectivity index (χ0v) is 11.1. The lowest BCUT2D eigenvalue weighted by Crippen LogP contribution is -1.98. The molecule has 0 fully saturated rings. The predicted octanol–water partition coefficient (Wildman–Crippen LogP) is 4.19. The Hall–Kier alpha value is -2.74. The number of nitrogen functional groups attached to an aromatic ring is 2. The van der Waals surface area contributed by atoms with E-state index in [0.29, 0.717) is 0 Å². The third-order valence-electron chi connectivity index (χ3n) is 3.39. The molecule has 2 nitrogen and oxygen atoms in total. The molecule has 3 rings (SSSR count). The van der Waals surface area contributed by atoms with Crippen molar-refractivity contribution < 1.29 is 0 Å². The molecule has 0 aromatic heterocycles. The molecule has 3 aromatic rings. The van der Waals surface area contributed by atoms with Crippen molar-refractivity contribution in [1.82, 2.24) is 0 Å². The molecule has 2 heteroatoms. The number of rotatable bonds is 2. The minimum atomic E-state index is 0.740. The van der Waals surface area contributed by atoms with Gasteiger partial charge in [0.25, 0.3) is 0 Å². The Morgan fingerprint density at radius 3 is 1.15 bits per heavy atom. The zero-order chi connectivity index (χ0) is 13.9. The van der Waals surface area contributed by atoms with Crippen LogP contribution in [0.1, 0.15) is 0 Å². The van der Waals surface area contributed by atoms with Gasteiger partial charge in [0, 0.05) is 22.5 Å². The first-order valence-corrected chi connectivity index (χ1v) is 6.56. The van der Waals surface area contributed by atoms with Gasteiger partial charge in [-0.05, 0) is 23.3 Å². The lowest BCUT2D eigenvalue weighted by molar-refractivity contribution is 1.57. The summed E-state index contributed by atoms with van der Waals surface area (Å²) in [5, 5.41) is 0. The average molecular weight is 260 g/mol. The van der Waals surface area contributed by atoms with E-state index in [9.17, 15) is 0 Å². The third-order valence-corrected chi connectivity index (χ3v) is 3.39. The monoisotopic (exact) mass is 260 g/mol. The smallest absolute Gasteiger partial charge is 0.0401 e. The molecular weight excluding hydrogens is 244 g/mol. The van der Waals surface area contributed by atoms with E-state index in [1.165, 1.54) is 0 Å². The second-order valence-electron chi connectivity index (χ2n) is 4.73. The van der Waals surface area contributed by atoms with Crippen LogP contribution in [0.25, 0.3) is 22.3 Å². The maximum absolute atomic E-state index is 6.20. The van der Waals surface area contributed by atoms with Crippen LogP contribution >= 0.6 is 0 Å². The van der Waals surface area contributed by atoms with Crippen LogP contribution in [0, 0.1) is 0 Å². The fraction of sp³-hybridized carbons (Fsp3) is 0. The zero-order valence-electron chi connectivity index (χ0n) is 11.1.